The van der Waals surface area contributed by atoms with Crippen molar-refractivity contribution in [1.29, 1.82) is 0 Å². The lowest BCUT2D eigenvalue weighted by molar-refractivity contribution is 0.463. The predicted octanol–water partition coefficient (Wildman–Crippen LogP) is 3.02. The van der Waals surface area contributed by atoms with E-state index in [1.807, 2.05) is 0 Å². The van der Waals surface area contributed by atoms with E-state index >= 15 is 0 Å². The molecule has 1 rings (SSSR count). The molecule has 0 aromatic heterocycles. The van der Waals surface area contributed by atoms with E-state index in [-0.39, 0.29) is 5.82 Å². The molecule has 0 spiro atoms. The molecule has 1 aromatic carbocycles. The Hall–Kier alpha value is -0.920. The summed E-state index contributed by atoms with van der Waals surface area (Å²) in [5, 5.41) is 0. The van der Waals surface area contributed by atoms with Crippen molar-refractivity contribution in [3.05, 3.63) is 42.1 Å². The fourth-order valence-electron chi connectivity index (χ4n) is 1.15. The summed E-state index contributed by atoms with van der Waals surface area (Å²) in [4.78, 5) is 0. The van der Waals surface area contributed by atoms with Gasteiger partial charge in [-0.3, -0.25) is 4.39 Å². The molecule has 0 N–H and O–H groups in total. The van der Waals surface area contributed by atoms with Gasteiger partial charge in [-0.2, -0.15) is 0 Å². The lowest BCUT2D eigenvalue weighted by Crippen LogP contribution is -2.00. The van der Waals surface area contributed by atoms with E-state index in [9.17, 15) is 8.78 Å². The van der Waals surface area contributed by atoms with E-state index in [2.05, 4.69) is 6.92 Å². The summed E-state index contributed by atoms with van der Waals surface area (Å²) in [5.74, 6) is -0.754. The highest BCUT2D eigenvalue weighted by Crippen LogP contribution is 2.21. The Morgan fingerprint density at radius 1 is 1.50 bits per heavy atom. The summed E-state index contributed by atoms with van der Waals surface area (Å²) in [5.41, 5.74) is 1.15. The Labute approximate surface area is 71.2 Å². The van der Waals surface area contributed by atoms with Gasteiger partial charge >= 0.3 is 0 Å². The second kappa shape index (κ2) is 3.65. The first kappa shape index (κ1) is 9.17. The van der Waals surface area contributed by atoms with Gasteiger partial charge in [-0.25, -0.2) is 4.39 Å². The molecular formula is C10H11F2. The molecule has 0 aliphatic carbocycles. The van der Waals surface area contributed by atoms with Crippen molar-refractivity contribution >= 4 is 0 Å². The van der Waals surface area contributed by atoms with E-state index in [1.165, 1.54) is 6.07 Å². The molecule has 2 heteroatoms. The van der Waals surface area contributed by atoms with Gasteiger partial charge in [0.05, 0.1) is 6.67 Å². The molecule has 0 amide bonds. The number of alkyl halides is 1. The summed E-state index contributed by atoms with van der Waals surface area (Å²) < 4.78 is 25.1. The van der Waals surface area contributed by atoms with Crippen molar-refractivity contribution in [2.24, 2.45) is 0 Å². The summed E-state index contributed by atoms with van der Waals surface area (Å²) in [6.07, 6.45) is 0. The zero-order chi connectivity index (χ0) is 9.14. The van der Waals surface area contributed by atoms with Gasteiger partial charge in [0, 0.05) is 5.92 Å². The number of hydrogen-bond donors (Lipinski definition) is 0. The van der Waals surface area contributed by atoms with E-state index in [0.29, 0.717) is 11.1 Å². The van der Waals surface area contributed by atoms with Crippen molar-refractivity contribution < 1.29 is 8.78 Å². The van der Waals surface area contributed by atoms with E-state index in [0.717, 1.165) is 0 Å². The zero-order valence-electron chi connectivity index (χ0n) is 6.98. The largest absolute Gasteiger partial charge is 0.250 e. The molecule has 1 atom stereocenters. The van der Waals surface area contributed by atoms with E-state index < -0.39 is 12.6 Å². The molecule has 12 heavy (non-hydrogen) atoms. The molecule has 1 radical (unpaired) electrons. The number of benzene rings is 1. The molecule has 0 saturated heterocycles. The lowest BCUT2D eigenvalue weighted by Gasteiger charge is -2.10. The van der Waals surface area contributed by atoms with Crippen LogP contribution < -0.4 is 0 Å². The van der Waals surface area contributed by atoms with Crippen LogP contribution in [0.15, 0.2) is 18.2 Å². The van der Waals surface area contributed by atoms with Gasteiger partial charge in [-0.05, 0) is 31.0 Å². The fraction of sp³-hybridized carbons (Fsp3) is 0.300. The van der Waals surface area contributed by atoms with Crippen LogP contribution in [-0.4, -0.2) is 6.67 Å². The topological polar surface area (TPSA) is 0 Å². The third kappa shape index (κ3) is 1.63. The molecule has 1 unspecified atom stereocenters. The molecule has 65 valence electrons. The Morgan fingerprint density at radius 2 is 2.17 bits per heavy atom. The van der Waals surface area contributed by atoms with Crippen LogP contribution in [-0.2, 0) is 0 Å². The third-order valence-corrected chi connectivity index (χ3v) is 1.94. The van der Waals surface area contributed by atoms with Crippen LogP contribution >= 0.6 is 0 Å². The fourth-order valence-corrected chi connectivity index (χ4v) is 1.15. The van der Waals surface area contributed by atoms with Crippen LogP contribution in [0, 0.1) is 19.7 Å². The van der Waals surface area contributed by atoms with Crippen molar-refractivity contribution in [1.82, 2.24) is 0 Å². The third-order valence-electron chi connectivity index (χ3n) is 1.94. The molecule has 1 aromatic rings. The van der Waals surface area contributed by atoms with Crippen LogP contribution in [0.2, 0.25) is 0 Å². The van der Waals surface area contributed by atoms with Gasteiger partial charge < -0.3 is 0 Å². The maximum atomic E-state index is 12.9. The highest BCUT2D eigenvalue weighted by molar-refractivity contribution is 5.31. The first-order chi connectivity index (χ1) is 5.66. The van der Waals surface area contributed by atoms with Gasteiger partial charge in [0.1, 0.15) is 5.82 Å². The smallest absolute Gasteiger partial charge is 0.126 e. The second-order valence-corrected chi connectivity index (χ2v) is 2.81. The van der Waals surface area contributed by atoms with Crippen LogP contribution in [0.1, 0.15) is 17.0 Å². The Bertz CT molecular complexity index is 269. The molecule has 0 aliphatic heterocycles. The van der Waals surface area contributed by atoms with Crippen LogP contribution in [0.3, 0.4) is 0 Å². The predicted molar refractivity (Wildman–Crippen MR) is 45.2 cm³/mol. The Balaban J connectivity index is 3.07. The highest BCUT2D eigenvalue weighted by Gasteiger charge is 2.09. The lowest BCUT2D eigenvalue weighted by atomic mass is 9.97. The SMILES string of the molecule is [CH2]C(CF)c1cccc(F)c1C. The van der Waals surface area contributed by atoms with Gasteiger partial charge in [0.2, 0.25) is 0 Å². The average Bonchev–Trinajstić information content (AvgIpc) is 2.08. The number of rotatable bonds is 2. The minimum atomic E-state index is -0.551. The highest BCUT2D eigenvalue weighted by atomic mass is 19.1. The summed E-state index contributed by atoms with van der Waals surface area (Å²) in [6.45, 7) is 4.67. The molecule has 0 bridgehead atoms. The zero-order valence-corrected chi connectivity index (χ0v) is 6.98. The maximum Gasteiger partial charge on any atom is 0.126 e. The molecule has 0 heterocycles. The van der Waals surface area contributed by atoms with Crippen LogP contribution in [0.5, 0.6) is 0 Å². The molecule has 0 aliphatic rings. The average molecular weight is 169 g/mol. The van der Waals surface area contributed by atoms with Gasteiger partial charge in [0.15, 0.2) is 0 Å². The van der Waals surface area contributed by atoms with E-state index in [4.69, 9.17) is 0 Å². The Kier molecular flexibility index (Phi) is 2.79. The standard InChI is InChI=1S/C10H11F2/c1-7(6-11)9-4-3-5-10(12)8(9)2/h3-5,7H,1,6H2,2H3. The van der Waals surface area contributed by atoms with Crippen molar-refractivity contribution in [3.63, 3.8) is 0 Å². The Morgan fingerprint density at radius 3 is 2.75 bits per heavy atom. The minimum Gasteiger partial charge on any atom is -0.250 e. The van der Waals surface area contributed by atoms with Crippen molar-refractivity contribution in [2.45, 2.75) is 12.8 Å². The van der Waals surface area contributed by atoms with E-state index in [1.54, 1.807) is 19.1 Å². The number of halogens is 2. The van der Waals surface area contributed by atoms with Gasteiger partial charge in [-0.15, -0.1) is 0 Å². The molecule has 0 saturated carbocycles. The molecular weight excluding hydrogens is 158 g/mol. The van der Waals surface area contributed by atoms with Crippen LogP contribution in [0.4, 0.5) is 8.78 Å². The second-order valence-electron chi connectivity index (χ2n) is 2.81. The monoisotopic (exact) mass is 169 g/mol. The normalized spacial score (nSPS) is 13.0. The summed E-state index contributed by atoms with van der Waals surface area (Å²) >= 11 is 0. The summed E-state index contributed by atoms with van der Waals surface area (Å²) in [7, 11) is 0. The van der Waals surface area contributed by atoms with Crippen LogP contribution in [0.25, 0.3) is 0 Å². The van der Waals surface area contributed by atoms with Crippen molar-refractivity contribution in [2.75, 3.05) is 6.67 Å². The van der Waals surface area contributed by atoms with Gasteiger partial charge in [-0.1, -0.05) is 12.1 Å². The quantitative estimate of drug-likeness (QED) is 0.638. The summed E-state index contributed by atoms with van der Waals surface area (Å²) in [6, 6.07) is 4.64. The minimum absolute atomic E-state index is 0.297. The van der Waals surface area contributed by atoms with Gasteiger partial charge in [0.25, 0.3) is 0 Å². The number of hydrogen-bond acceptors (Lipinski definition) is 0. The first-order valence-corrected chi connectivity index (χ1v) is 3.81. The molecule has 0 nitrogen and oxygen atoms in total. The van der Waals surface area contributed by atoms with Crippen molar-refractivity contribution in [3.8, 4) is 0 Å². The molecule has 0 fully saturated rings. The maximum absolute atomic E-state index is 12.9. The first-order valence-electron chi connectivity index (χ1n) is 3.81.